The van der Waals surface area contributed by atoms with Gasteiger partial charge in [-0.05, 0) is 29.3 Å². The van der Waals surface area contributed by atoms with Gasteiger partial charge in [0.05, 0.1) is 6.42 Å². The Bertz CT molecular complexity index is 854. The highest BCUT2D eigenvalue weighted by Crippen LogP contribution is 2.39. The smallest absolute Gasteiger partial charge is 0.405 e. The quantitative estimate of drug-likeness (QED) is 0.858. The second kappa shape index (κ2) is 5.89. The van der Waals surface area contributed by atoms with Crippen molar-refractivity contribution < 1.29 is 22.7 Å². The number of benzene rings is 2. The van der Waals surface area contributed by atoms with Gasteiger partial charge in [-0.3, -0.25) is 4.79 Å². The number of fused-ring (bicyclic) bond motifs is 1. The van der Waals surface area contributed by atoms with Gasteiger partial charge < -0.3 is 14.9 Å². The normalized spacial score (nSPS) is 13.2. The summed E-state index contributed by atoms with van der Waals surface area (Å²) < 4.78 is 42.2. The van der Waals surface area contributed by atoms with E-state index in [0.29, 0.717) is 22.4 Å². The average Bonchev–Trinajstić information content (AvgIpc) is 2.85. The molecule has 1 aliphatic heterocycles. The van der Waals surface area contributed by atoms with E-state index in [9.17, 15) is 18.0 Å². The van der Waals surface area contributed by atoms with E-state index in [1.54, 1.807) is 24.3 Å². The molecule has 1 amide bonds. The lowest BCUT2D eigenvalue weighted by molar-refractivity contribution is -0.274. The molecule has 0 aliphatic carbocycles. The van der Waals surface area contributed by atoms with Crippen LogP contribution < -0.4 is 10.1 Å². The first-order chi connectivity index (χ1) is 11.4. The first-order valence-electron chi connectivity index (χ1n) is 7.01. The number of hydrogen-bond donors (Lipinski definition) is 1. The van der Waals surface area contributed by atoms with Crippen molar-refractivity contribution in [3.63, 3.8) is 0 Å². The van der Waals surface area contributed by atoms with Gasteiger partial charge in [0.1, 0.15) is 5.75 Å². The molecule has 0 fully saturated rings. The molecule has 0 radical (unpaired) electrons. The molecular weight excluding hydrogens is 321 g/mol. The zero-order valence-electron chi connectivity index (χ0n) is 12.3. The zero-order valence-corrected chi connectivity index (χ0v) is 12.3. The fraction of sp³-hybridized carbons (Fsp3) is 0.176. The third-order valence-electron chi connectivity index (χ3n) is 3.61. The van der Waals surface area contributed by atoms with Crippen molar-refractivity contribution in [1.29, 1.82) is 0 Å². The van der Waals surface area contributed by atoms with Crippen LogP contribution in [0.1, 0.15) is 11.1 Å². The number of alkyl halides is 3. The third-order valence-corrected chi connectivity index (χ3v) is 3.61. The number of halogens is 3. The van der Waals surface area contributed by atoms with Crippen molar-refractivity contribution in [2.24, 2.45) is 0 Å². The van der Waals surface area contributed by atoms with Crippen LogP contribution in [0.5, 0.6) is 5.75 Å². The van der Waals surface area contributed by atoms with Gasteiger partial charge in [0.2, 0.25) is 12.5 Å². The van der Waals surface area contributed by atoms with Gasteiger partial charge in [-0.2, -0.15) is 0 Å². The number of anilines is 1. The highest BCUT2D eigenvalue weighted by molar-refractivity contribution is 5.99. The minimum absolute atomic E-state index is 0.0708. The Labute approximate surface area is 135 Å². The summed E-state index contributed by atoms with van der Waals surface area (Å²) in [6, 6.07) is 9.13. The van der Waals surface area contributed by atoms with Gasteiger partial charge in [-0.25, -0.2) is 6.57 Å². The number of nitrogens with zero attached hydrogens (tertiary/aromatic N) is 1. The molecule has 0 unspecified atom stereocenters. The molecule has 0 bridgehead atoms. The fourth-order valence-electron chi connectivity index (χ4n) is 2.72. The first-order valence-corrected chi connectivity index (χ1v) is 7.01. The van der Waals surface area contributed by atoms with E-state index in [1.807, 2.05) is 0 Å². The van der Waals surface area contributed by atoms with Gasteiger partial charge in [-0.1, -0.05) is 18.2 Å². The van der Waals surface area contributed by atoms with Crippen LogP contribution in [0.2, 0.25) is 0 Å². The van der Waals surface area contributed by atoms with Crippen LogP contribution in [0.25, 0.3) is 16.0 Å². The van der Waals surface area contributed by atoms with E-state index >= 15 is 0 Å². The third kappa shape index (κ3) is 3.18. The molecule has 1 N–H and O–H groups in total. The molecular formula is C17H11F3N2O2. The fourth-order valence-corrected chi connectivity index (χ4v) is 2.72. The average molecular weight is 332 g/mol. The summed E-state index contributed by atoms with van der Waals surface area (Å²) in [6.07, 6.45) is -4.66. The van der Waals surface area contributed by atoms with Crippen molar-refractivity contribution >= 4 is 11.6 Å². The highest BCUT2D eigenvalue weighted by Gasteiger charge is 2.33. The number of rotatable bonds is 3. The second-order valence-electron chi connectivity index (χ2n) is 5.25. The summed E-state index contributed by atoms with van der Waals surface area (Å²) in [4.78, 5) is 14.7. The summed E-state index contributed by atoms with van der Waals surface area (Å²) in [5.41, 5.74) is 2.47. The van der Waals surface area contributed by atoms with Crippen molar-refractivity contribution in [2.75, 3.05) is 5.32 Å². The van der Waals surface area contributed by atoms with Crippen LogP contribution in [-0.4, -0.2) is 12.3 Å². The van der Waals surface area contributed by atoms with E-state index in [-0.39, 0.29) is 30.2 Å². The van der Waals surface area contributed by atoms with Crippen LogP contribution in [-0.2, 0) is 17.8 Å². The van der Waals surface area contributed by atoms with Crippen LogP contribution in [0.4, 0.5) is 18.9 Å². The van der Waals surface area contributed by atoms with Crippen LogP contribution >= 0.6 is 0 Å². The number of carbonyl (C=O) groups is 1. The molecule has 7 heteroatoms. The molecule has 24 heavy (non-hydrogen) atoms. The maximum Gasteiger partial charge on any atom is 0.573 e. The van der Waals surface area contributed by atoms with Gasteiger partial charge in [0, 0.05) is 16.8 Å². The maximum atomic E-state index is 12.7. The first kappa shape index (κ1) is 15.9. The molecule has 0 aromatic heterocycles. The molecule has 1 heterocycles. The molecule has 3 rings (SSSR count). The van der Waals surface area contributed by atoms with Crippen molar-refractivity contribution in [1.82, 2.24) is 0 Å². The maximum absolute atomic E-state index is 12.7. The van der Waals surface area contributed by atoms with Gasteiger partial charge in [0.25, 0.3) is 0 Å². The lowest BCUT2D eigenvalue weighted by atomic mass is 9.96. The number of nitrogens with one attached hydrogen (secondary N) is 1. The number of ether oxygens (including phenoxy) is 1. The second-order valence-corrected chi connectivity index (χ2v) is 5.25. The Morgan fingerprint density at radius 1 is 1.25 bits per heavy atom. The van der Waals surface area contributed by atoms with Crippen LogP contribution in [0.15, 0.2) is 36.4 Å². The molecule has 0 atom stereocenters. The van der Waals surface area contributed by atoms with E-state index in [2.05, 4.69) is 14.9 Å². The topological polar surface area (TPSA) is 42.7 Å². The summed E-state index contributed by atoms with van der Waals surface area (Å²) in [5.74, 6) is -0.524. The van der Waals surface area contributed by atoms with Crippen LogP contribution in [0, 0.1) is 6.57 Å². The Balaban J connectivity index is 2.13. The van der Waals surface area contributed by atoms with E-state index in [4.69, 9.17) is 6.57 Å². The van der Waals surface area contributed by atoms with E-state index < -0.39 is 6.36 Å². The SMILES string of the molecule is [C-]#[N+]Cc1cccc(OC(F)(F)F)c1-c1ccc2c(c1)CC(=O)N2. The Kier molecular flexibility index (Phi) is 3.89. The van der Waals surface area contributed by atoms with Crippen LogP contribution in [0.3, 0.4) is 0 Å². The summed E-state index contributed by atoms with van der Waals surface area (Å²) in [6.45, 7) is 6.94. The molecule has 0 spiro atoms. The predicted molar refractivity (Wildman–Crippen MR) is 81.2 cm³/mol. The van der Waals surface area contributed by atoms with Gasteiger partial charge in [-0.15, -0.1) is 13.2 Å². The molecule has 0 saturated heterocycles. The minimum Gasteiger partial charge on any atom is -0.405 e. The highest BCUT2D eigenvalue weighted by atomic mass is 19.4. The largest absolute Gasteiger partial charge is 0.573 e. The minimum atomic E-state index is -4.83. The van der Waals surface area contributed by atoms with Crippen molar-refractivity contribution in [3.8, 4) is 16.9 Å². The molecule has 2 aromatic carbocycles. The zero-order chi connectivity index (χ0) is 17.3. The monoisotopic (exact) mass is 332 g/mol. The molecule has 1 aliphatic rings. The Morgan fingerprint density at radius 3 is 2.75 bits per heavy atom. The lowest BCUT2D eigenvalue weighted by Crippen LogP contribution is -2.18. The Morgan fingerprint density at radius 2 is 2.04 bits per heavy atom. The summed E-state index contributed by atoms with van der Waals surface area (Å²) in [5, 5.41) is 2.67. The molecule has 4 nitrogen and oxygen atoms in total. The van der Waals surface area contributed by atoms with Crippen molar-refractivity contribution in [3.05, 3.63) is 58.9 Å². The standard InChI is InChI=1S/C17H11F3N2O2/c1-21-9-11-3-2-4-14(24-17(18,19)20)16(11)10-5-6-13-12(7-10)8-15(23)22-13/h2-7H,8-9H2,(H,22,23). The summed E-state index contributed by atoms with van der Waals surface area (Å²) >= 11 is 0. The molecule has 122 valence electrons. The number of hydrogen-bond acceptors (Lipinski definition) is 2. The molecule has 0 saturated carbocycles. The van der Waals surface area contributed by atoms with E-state index in [0.717, 1.165) is 0 Å². The van der Waals surface area contributed by atoms with Crippen molar-refractivity contribution in [2.45, 2.75) is 19.3 Å². The number of carbonyl (C=O) groups excluding carboxylic acids is 1. The van der Waals surface area contributed by atoms with E-state index in [1.165, 1.54) is 12.1 Å². The summed E-state index contributed by atoms with van der Waals surface area (Å²) in [7, 11) is 0. The Hall–Kier alpha value is -3.01. The van der Waals surface area contributed by atoms with Gasteiger partial charge in [0.15, 0.2) is 0 Å². The molecule has 2 aromatic rings. The predicted octanol–water partition coefficient (Wildman–Crippen LogP) is 4.17. The lowest BCUT2D eigenvalue weighted by Gasteiger charge is -2.16. The number of amides is 1. The van der Waals surface area contributed by atoms with Gasteiger partial charge >= 0.3 is 6.36 Å².